The minimum absolute atomic E-state index is 0.0766. The van der Waals surface area contributed by atoms with Gasteiger partial charge in [0.2, 0.25) is 5.91 Å². The quantitative estimate of drug-likeness (QED) is 0.284. The summed E-state index contributed by atoms with van der Waals surface area (Å²) in [4.78, 5) is 28.6. The van der Waals surface area contributed by atoms with Crippen LogP contribution in [0.3, 0.4) is 0 Å². The lowest BCUT2D eigenvalue weighted by Crippen LogP contribution is -2.52. The van der Waals surface area contributed by atoms with Gasteiger partial charge in [0.25, 0.3) is 5.91 Å². The highest BCUT2D eigenvalue weighted by Gasteiger charge is 2.31. The normalized spacial score (nSPS) is 11.6. The van der Waals surface area contributed by atoms with Crippen LogP contribution in [0.4, 0.5) is 0 Å². The van der Waals surface area contributed by atoms with E-state index in [4.69, 9.17) is 27.9 Å². The van der Waals surface area contributed by atoms with Crippen LogP contribution in [0, 0.1) is 6.92 Å². The Kier molecular flexibility index (Phi) is 10.6. The van der Waals surface area contributed by atoms with Crippen molar-refractivity contribution in [3.8, 4) is 5.75 Å². The first-order chi connectivity index (χ1) is 17.4. The molecule has 7 heteroatoms. The van der Waals surface area contributed by atoms with Gasteiger partial charge in [0.15, 0.2) is 6.61 Å². The van der Waals surface area contributed by atoms with Crippen LogP contribution in [-0.2, 0) is 22.6 Å². The summed E-state index contributed by atoms with van der Waals surface area (Å²) in [5.74, 6) is 0.0640. The summed E-state index contributed by atoms with van der Waals surface area (Å²) in [6, 6.07) is 21.6. The van der Waals surface area contributed by atoms with Gasteiger partial charge in [0, 0.05) is 35.1 Å². The van der Waals surface area contributed by atoms with Crippen molar-refractivity contribution in [2.24, 2.45) is 0 Å². The number of benzene rings is 3. The van der Waals surface area contributed by atoms with Gasteiger partial charge in [0.1, 0.15) is 11.8 Å². The molecular weight excluding hydrogens is 495 g/mol. The van der Waals surface area contributed by atoms with Gasteiger partial charge in [-0.3, -0.25) is 9.59 Å². The molecule has 1 atom stereocenters. The molecule has 0 unspecified atom stereocenters. The summed E-state index contributed by atoms with van der Waals surface area (Å²) in [5.41, 5.74) is 2.45. The van der Waals surface area contributed by atoms with Gasteiger partial charge >= 0.3 is 0 Å². The largest absolute Gasteiger partial charge is 0.484 e. The van der Waals surface area contributed by atoms with Gasteiger partial charge < -0.3 is 15.0 Å². The Balaban J connectivity index is 1.94. The number of aryl methyl sites for hydroxylation is 1. The zero-order chi connectivity index (χ0) is 25.9. The first-order valence-corrected chi connectivity index (χ1v) is 12.9. The number of ether oxygens (including phenoxy) is 1. The highest BCUT2D eigenvalue weighted by molar-refractivity contribution is 6.36. The van der Waals surface area contributed by atoms with Crippen LogP contribution in [0.15, 0.2) is 72.8 Å². The summed E-state index contributed by atoms with van der Waals surface area (Å²) in [6.07, 6.45) is 2.15. The Bertz CT molecular complexity index is 1130. The maximum Gasteiger partial charge on any atom is 0.261 e. The third kappa shape index (κ3) is 7.74. The van der Waals surface area contributed by atoms with Crippen molar-refractivity contribution >= 4 is 35.0 Å². The van der Waals surface area contributed by atoms with E-state index in [2.05, 4.69) is 12.2 Å². The summed E-state index contributed by atoms with van der Waals surface area (Å²) >= 11 is 12.9. The van der Waals surface area contributed by atoms with Gasteiger partial charge in [-0.1, -0.05) is 91.1 Å². The molecule has 3 aromatic rings. The topological polar surface area (TPSA) is 58.6 Å². The summed E-state index contributed by atoms with van der Waals surface area (Å²) < 4.78 is 5.87. The first kappa shape index (κ1) is 27.6. The Labute approximate surface area is 223 Å². The second-order valence-corrected chi connectivity index (χ2v) is 9.44. The molecule has 0 aliphatic carbocycles. The number of hydrogen-bond donors (Lipinski definition) is 1. The molecular formula is C29H32Cl2N2O3. The van der Waals surface area contributed by atoms with Gasteiger partial charge in [-0.2, -0.15) is 0 Å². The van der Waals surface area contributed by atoms with E-state index in [0.717, 1.165) is 24.0 Å². The van der Waals surface area contributed by atoms with Crippen molar-refractivity contribution in [3.05, 3.63) is 99.5 Å². The minimum atomic E-state index is -0.774. The van der Waals surface area contributed by atoms with E-state index in [9.17, 15) is 9.59 Å². The number of rotatable bonds is 12. The fraction of sp³-hybridized carbons (Fsp3) is 0.310. The van der Waals surface area contributed by atoms with Crippen molar-refractivity contribution in [2.45, 2.75) is 45.7 Å². The van der Waals surface area contributed by atoms with E-state index in [1.807, 2.05) is 61.5 Å². The highest BCUT2D eigenvalue weighted by atomic mass is 35.5. The van der Waals surface area contributed by atoms with E-state index in [0.29, 0.717) is 34.3 Å². The molecule has 0 spiro atoms. The maximum absolute atomic E-state index is 13.7. The van der Waals surface area contributed by atoms with E-state index >= 15 is 0 Å². The number of carbonyl (C=O) groups excluding carboxylic acids is 2. The molecule has 2 amide bonds. The summed E-state index contributed by atoms with van der Waals surface area (Å²) in [6.45, 7) is 4.37. The lowest BCUT2D eigenvalue weighted by atomic mass is 10.0. The third-order valence-corrected chi connectivity index (χ3v) is 6.64. The number of carbonyl (C=O) groups is 2. The molecule has 5 nitrogen and oxygen atoms in total. The van der Waals surface area contributed by atoms with Crippen molar-refractivity contribution in [2.75, 3.05) is 13.2 Å². The van der Waals surface area contributed by atoms with Crippen LogP contribution in [-0.4, -0.2) is 35.9 Å². The molecule has 36 heavy (non-hydrogen) atoms. The fourth-order valence-corrected chi connectivity index (χ4v) is 4.37. The molecule has 3 aromatic carbocycles. The van der Waals surface area contributed by atoms with E-state index < -0.39 is 6.04 Å². The van der Waals surface area contributed by atoms with Gasteiger partial charge in [-0.05, 0) is 42.7 Å². The Morgan fingerprint density at radius 2 is 1.61 bits per heavy atom. The van der Waals surface area contributed by atoms with E-state index in [1.54, 1.807) is 18.2 Å². The zero-order valence-corrected chi connectivity index (χ0v) is 22.2. The predicted molar refractivity (Wildman–Crippen MR) is 146 cm³/mol. The molecule has 0 saturated heterocycles. The van der Waals surface area contributed by atoms with Crippen molar-refractivity contribution < 1.29 is 14.3 Å². The number of nitrogens with one attached hydrogen (secondary N) is 1. The van der Waals surface area contributed by atoms with E-state index in [-0.39, 0.29) is 25.0 Å². The molecule has 0 heterocycles. The molecule has 0 aliphatic heterocycles. The predicted octanol–water partition coefficient (Wildman–Crippen LogP) is 6.24. The molecule has 190 valence electrons. The Morgan fingerprint density at radius 3 is 2.28 bits per heavy atom. The zero-order valence-electron chi connectivity index (χ0n) is 20.7. The van der Waals surface area contributed by atoms with Crippen molar-refractivity contribution in [1.29, 1.82) is 0 Å². The van der Waals surface area contributed by atoms with Crippen LogP contribution in [0.1, 0.15) is 36.5 Å². The maximum atomic E-state index is 13.7. The standard InChI is InChI=1S/C29H32Cl2N2O3/c1-3-4-17-32-29(35)26(18-22-12-6-5-7-13-22)33(19-23-24(30)14-10-15-25(23)31)28(34)20-36-27-16-9-8-11-21(27)2/h5-16,26H,3-4,17-20H2,1-2H3,(H,32,35)/t26-/m0/s1. The number of hydrogen-bond acceptors (Lipinski definition) is 3. The van der Waals surface area contributed by atoms with Crippen molar-refractivity contribution in [3.63, 3.8) is 0 Å². The van der Waals surface area contributed by atoms with Crippen LogP contribution in [0.2, 0.25) is 10.0 Å². The van der Waals surface area contributed by atoms with Crippen LogP contribution >= 0.6 is 23.2 Å². The molecule has 1 N–H and O–H groups in total. The number of unbranched alkanes of at least 4 members (excludes halogenated alkanes) is 1. The average molecular weight is 527 g/mol. The SMILES string of the molecule is CCCCNC(=O)[C@H](Cc1ccccc1)N(Cc1c(Cl)cccc1Cl)C(=O)COc1ccccc1C. The Hall–Kier alpha value is -3.02. The monoisotopic (exact) mass is 526 g/mol. The number of amides is 2. The fourth-order valence-electron chi connectivity index (χ4n) is 3.85. The summed E-state index contributed by atoms with van der Waals surface area (Å²) in [5, 5.41) is 3.87. The first-order valence-electron chi connectivity index (χ1n) is 12.1. The molecule has 0 aliphatic rings. The third-order valence-electron chi connectivity index (χ3n) is 5.94. The molecule has 0 fully saturated rings. The number of halogens is 2. The minimum Gasteiger partial charge on any atom is -0.484 e. The van der Waals surface area contributed by atoms with Gasteiger partial charge in [0.05, 0.1) is 0 Å². The van der Waals surface area contributed by atoms with Gasteiger partial charge in [-0.15, -0.1) is 0 Å². The molecule has 0 bridgehead atoms. The highest BCUT2D eigenvalue weighted by Crippen LogP contribution is 2.27. The molecule has 0 aromatic heterocycles. The van der Waals surface area contributed by atoms with Gasteiger partial charge in [-0.25, -0.2) is 0 Å². The van der Waals surface area contributed by atoms with Crippen LogP contribution in [0.5, 0.6) is 5.75 Å². The lowest BCUT2D eigenvalue weighted by Gasteiger charge is -2.32. The number of para-hydroxylation sites is 1. The van der Waals surface area contributed by atoms with Crippen molar-refractivity contribution in [1.82, 2.24) is 10.2 Å². The molecule has 0 radical (unpaired) electrons. The average Bonchev–Trinajstić information content (AvgIpc) is 2.87. The molecule has 0 saturated carbocycles. The molecule has 3 rings (SSSR count). The second-order valence-electron chi connectivity index (χ2n) is 8.63. The Morgan fingerprint density at radius 1 is 0.944 bits per heavy atom. The number of nitrogens with zero attached hydrogens (tertiary/aromatic N) is 1. The van der Waals surface area contributed by atoms with Crippen LogP contribution < -0.4 is 10.1 Å². The lowest BCUT2D eigenvalue weighted by molar-refractivity contribution is -0.142. The van der Waals surface area contributed by atoms with Crippen LogP contribution in [0.25, 0.3) is 0 Å². The second kappa shape index (κ2) is 13.9. The summed E-state index contributed by atoms with van der Waals surface area (Å²) in [7, 11) is 0. The smallest absolute Gasteiger partial charge is 0.261 e. The van der Waals surface area contributed by atoms with E-state index in [1.165, 1.54) is 4.90 Å².